The van der Waals surface area contributed by atoms with E-state index in [4.69, 9.17) is 4.74 Å². The highest BCUT2D eigenvalue weighted by molar-refractivity contribution is 6.83. The van der Waals surface area contributed by atoms with Crippen molar-refractivity contribution in [2.75, 3.05) is 11.9 Å². The number of benzene rings is 3. The van der Waals surface area contributed by atoms with Crippen molar-refractivity contribution < 1.29 is 19.4 Å². The summed E-state index contributed by atoms with van der Waals surface area (Å²) in [6.45, 7) is 8.19. The fourth-order valence-corrected chi connectivity index (χ4v) is 4.66. The molecule has 172 valence electrons. The van der Waals surface area contributed by atoms with Crippen molar-refractivity contribution in [1.29, 1.82) is 0 Å². The third kappa shape index (κ3) is 4.90. The Balaban J connectivity index is 1.55. The van der Waals surface area contributed by atoms with Crippen LogP contribution in [0.25, 0.3) is 11.1 Å². The number of ether oxygens (including phenoxy) is 1. The third-order valence-corrected chi connectivity index (χ3v) is 6.68. The molecule has 34 heavy (non-hydrogen) atoms. The molecule has 0 spiro atoms. The van der Waals surface area contributed by atoms with Gasteiger partial charge in [0.05, 0.1) is 5.56 Å². The molecule has 0 saturated heterocycles. The molecule has 0 saturated carbocycles. The standard InChI is InChI=1S/C28H27NO4Si/c1-18-24(27(30)31)15-19(13-14-34(2,3)4)16-26(18)29-28(32)33-17-25-22-11-7-5-9-20(22)21-10-6-8-12-23(21)25/h5-12,15-16,25H,17H2,1-4H3,(H,29,32)(H,30,31). The largest absolute Gasteiger partial charge is 0.478 e. The Kier molecular flexibility index (Phi) is 6.32. The number of amides is 1. The highest BCUT2D eigenvalue weighted by Crippen LogP contribution is 2.44. The van der Waals surface area contributed by atoms with E-state index >= 15 is 0 Å². The minimum atomic E-state index is -1.65. The number of hydrogen-bond donors (Lipinski definition) is 2. The highest BCUT2D eigenvalue weighted by Gasteiger charge is 2.29. The smallest absolute Gasteiger partial charge is 0.411 e. The van der Waals surface area contributed by atoms with E-state index in [0.717, 1.165) is 22.3 Å². The van der Waals surface area contributed by atoms with Gasteiger partial charge in [-0.3, -0.25) is 5.32 Å². The SMILES string of the molecule is Cc1c(NC(=O)OCC2c3ccccc3-c3ccccc32)cc(C#C[Si](C)(C)C)cc1C(=O)O. The molecule has 4 rings (SSSR count). The summed E-state index contributed by atoms with van der Waals surface area (Å²) < 4.78 is 5.63. The summed E-state index contributed by atoms with van der Waals surface area (Å²) in [6, 6.07) is 19.5. The maximum Gasteiger partial charge on any atom is 0.411 e. The summed E-state index contributed by atoms with van der Waals surface area (Å²) in [5.41, 5.74) is 9.31. The van der Waals surface area contributed by atoms with Crippen LogP contribution in [0.1, 0.15) is 38.5 Å². The average molecular weight is 470 g/mol. The van der Waals surface area contributed by atoms with Crippen molar-refractivity contribution >= 4 is 25.8 Å². The van der Waals surface area contributed by atoms with Gasteiger partial charge in [-0.1, -0.05) is 74.1 Å². The molecule has 5 nitrogen and oxygen atoms in total. The van der Waals surface area contributed by atoms with Gasteiger partial charge in [0.25, 0.3) is 0 Å². The molecule has 1 aliphatic carbocycles. The zero-order chi connectivity index (χ0) is 24.5. The van der Waals surface area contributed by atoms with Gasteiger partial charge in [0.2, 0.25) is 0 Å². The number of hydrogen-bond acceptors (Lipinski definition) is 3. The fraction of sp³-hybridized carbons (Fsp3) is 0.214. The first-order valence-electron chi connectivity index (χ1n) is 11.2. The Bertz CT molecular complexity index is 1300. The predicted octanol–water partition coefficient (Wildman–Crippen LogP) is 6.28. The molecule has 1 amide bonds. The van der Waals surface area contributed by atoms with Gasteiger partial charge in [-0.25, -0.2) is 9.59 Å². The molecule has 0 heterocycles. The number of rotatable bonds is 4. The molecule has 2 N–H and O–H groups in total. The zero-order valence-electron chi connectivity index (χ0n) is 19.7. The van der Waals surface area contributed by atoms with Crippen LogP contribution in [-0.4, -0.2) is 31.8 Å². The van der Waals surface area contributed by atoms with Gasteiger partial charge in [-0.2, -0.15) is 0 Å². The second-order valence-electron chi connectivity index (χ2n) is 9.45. The maximum atomic E-state index is 12.7. The van der Waals surface area contributed by atoms with Crippen molar-refractivity contribution in [3.05, 3.63) is 88.5 Å². The van der Waals surface area contributed by atoms with Crippen LogP contribution in [-0.2, 0) is 4.74 Å². The molecule has 0 bridgehead atoms. The summed E-state index contributed by atoms with van der Waals surface area (Å²) >= 11 is 0. The summed E-state index contributed by atoms with van der Waals surface area (Å²) in [7, 11) is -1.65. The Morgan fingerprint density at radius 3 is 2.15 bits per heavy atom. The van der Waals surface area contributed by atoms with Crippen LogP contribution in [0.2, 0.25) is 19.6 Å². The summed E-state index contributed by atoms with van der Waals surface area (Å²) in [5.74, 6) is 1.96. The van der Waals surface area contributed by atoms with Gasteiger partial charge >= 0.3 is 12.1 Å². The summed E-state index contributed by atoms with van der Waals surface area (Å²) in [4.78, 5) is 24.5. The molecule has 0 aromatic heterocycles. The molecule has 0 aliphatic heterocycles. The predicted molar refractivity (Wildman–Crippen MR) is 137 cm³/mol. The van der Waals surface area contributed by atoms with Crippen LogP contribution in [0, 0.1) is 18.4 Å². The second kappa shape index (κ2) is 9.20. The second-order valence-corrected chi connectivity index (χ2v) is 14.2. The lowest BCUT2D eigenvalue weighted by Gasteiger charge is -2.16. The maximum absolute atomic E-state index is 12.7. The Morgan fingerprint density at radius 1 is 1.00 bits per heavy atom. The number of nitrogens with one attached hydrogen (secondary N) is 1. The lowest BCUT2D eigenvalue weighted by Crippen LogP contribution is -2.19. The molecule has 3 aromatic rings. The molecule has 0 fully saturated rings. The highest BCUT2D eigenvalue weighted by atomic mass is 28.3. The zero-order valence-corrected chi connectivity index (χ0v) is 20.7. The number of fused-ring (bicyclic) bond motifs is 3. The molecule has 6 heteroatoms. The average Bonchev–Trinajstić information content (AvgIpc) is 3.11. The third-order valence-electron chi connectivity index (χ3n) is 5.80. The van der Waals surface area contributed by atoms with Gasteiger partial charge < -0.3 is 9.84 Å². The molecule has 0 atom stereocenters. The summed E-state index contributed by atoms with van der Waals surface area (Å²) in [6.07, 6.45) is -0.628. The van der Waals surface area contributed by atoms with Crippen LogP contribution in [0.15, 0.2) is 60.7 Å². The van der Waals surface area contributed by atoms with Crippen LogP contribution >= 0.6 is 0 Å². The summed E-state index contributed by atoms with van der Waals surface area (Å²) in [5, 5.41) is 12.4. The number of carboxylic acids is 1. The lowest BCUT2D eigenvalue weighted by atomic mass is 9.98. The van der Waals surface area contributed by atoms with Gasteiger partial charge in [0, 0.05) is 17.2 Å². The van der Waals surface area contributed by atoms with Gasteiger partial charge in [-0.15, -0.1) is 5.54 Å². The Labute approximate surface area is 200 Å². The van der Waals surface area contributed by atoms with Gasteiger partial charge in [-0.05, 0) is 46.9 Å². The molecule has 0 radical (unpaired) electrons. The first kappa shape index (κ1) is 23.3. The minimum absolute atomic E-state index is 0.0530. The van der Waals surface area contributed by atoms with E-state index in [0.29, 0.717) is 16.8 Å². The van der Waals surface area contributed by atoms with Crippen LogP contribution in [0.3, 0.4) is 0 Å². The molecular formula is C28H27NO4Si. The number of carboxylic acid groups (broad SMARTS) is 1. The topological polar surface area (TPSA) is 75.6 Å². The number of carbonyl (C=O) groups excluding carboxylic acids is 1. The van der Waals surface area contributed by atoms with Crippen molar-refractivity contribution in [2.45, 2.75) is 32.5 Å². The quantitative estimate of drug-likeness (QED) is 0.348. The van der Waals surface area contributed by atoms with Crippen molar-refractivity contribution in [3.63, 3.8) is 0 Å². The Morgan fingerprint density at radius 2 is 1.59 bits per heavy atom. The number of carbonyl (C=O) groups is 2. The van der Waals surface area contributed by atoms with E-state index in [9.17, 15) is 14.7 Å². The van der Waals surface area contributed by atoms with E-state index in [1.807, 2.05) is 24.3 Å². The van der Waals surface area contributed by atoms with Crippen LogP contribution < -0.4 is 5.32 Å². The van der Waals surface area contributed by atoms with Crippen LogP contribution in [0.5, 0.6) is 0 Å². The number of aromatic carboxylic acids is 1. The first-order chi connectivity index (χ1) is 16.1. The molecule has 3 aromatic carbocycles. The monoisotopic (exact) mass is 469 g/mol. The minimum Gasteiger partial charge on any atom is -0.478 e. The number of anilines is 1. The van der Waals surface area contributed by atoms with E-state index < -0.39 is 20.1 Å². The van der Waals surface area contributed by atoms with Gasteiger partial charge in [0.15, 0.2) is 0 Å². The fourth-order valence-electron chi connectivity index (χ4n) is 4.14. The molecule has 0 unspecified atom stereocenters. The molecular weight excluding hydrogens is 442 g/mol. The first-order valence-corrected chi connectivity index (χ1v) is 14.7. The normalized spacial score (nSPS) is 12.2. The lowest BCUT2D eigenvalue weighted by molar-refractivity contribution is 0.0696. The van der Waals surface area contributed by atoms with E-state index in [1.54, 1.807) is 19.1 Å². The van der Waals surface area contributed by atoms with Gasteiger partial charge in [0.1, 0.15) is 14.7 Å². The van der Waals surface area contributed by atoms with E-state index in [2.05, 4.69) is 60.7 Å². The Hall–Kier alpha value is -3.82. The molecule has 1 aliphatic rings. The van der Waals surface area contributed by atoms with Crippen LogP contribution in [0.4, 0.5) is 10.5 Å². The van der Waals surface area contributed by atoms with Crippen molar-refractivity contribution in [3.8, 4) is 22.6 Å². The van der Waals surface area contributed by atoms with E-state index in [1.165, 1.54) is 0 Å². The van der Waals surface area contributed by atoms with Crippen molar-refractivity contribution in [1.82, 2.24) is 0 Å². The van der Waals surface area contributed by atoms with E-state index in [-0.39, 0.29) is 18.1 Å². The van der Waals surface area contributed by atoms with Crippen molar-refractivity contribution in [2.24, 2.45) is 0 Å².